The fourth-order valence-electron chi connectivity index (χ4n) is 6.48. The lowest BCUT2D eigenvalue weighted by molar-refractivity contribution is 0.0882. The van der Waals surface area contributed by atoms with E-state index in [0.29, 0.717) is 35.5 Å². The van der Waals surface area contributed by atoms with Gasteiger partial charge in [-0.05, 0) is 76.3 Å². The van der Waals surface area contributed by atoms with Crippen molar-refractivity contribution >= 4 is 23.5 Å². The Hall–Kier alpha value is -3.36. The predicted molar refractivity (Wildman–Crippen MR) is 162 cm³/mol. The maximum atomic E-state index is 13.9. The van der Waals surface area contributed by atoms with E-state index >= 15 is 0 Å². The fourth-order valence-corrected chi connectivity index (χ4v) is 6.77. The first-order valence-electron chi connectivity index (χ1n) is 14.7. The summed E-state index contributed by atoms with van der Waals surface area (Å²) in [7, 11) is 0. The molecule has 2 aliphatic heterocycles. The number of carbonyl (C=O) groups is 2. The molecule has 3 amide bonds. The second-order valence-electron chi connectivity index (χ2n) is 11.5. The van der Waals surface area contributed by atoms with Gasteiger partial charge in [-0.25, -0.2) is 9.78 Å². The number of nitrogens with one attached hydrogen (secondary N) is 2. The highest BCUT2D eigenvalue weighted by atomic mass is 35.5. The number of aromatic nitrogens is 2. The number of halogens is 1. The first-order chi connectivity index (χ1) is 19.7. The minimum Gasteiger partial charge on any atom is -0.363 e. The largest absolute Gasteiger partial charge is 0.363 e. The van der Waals surface area contributed by atoms with Gasteiger partial charge in [-0.3, -0.25) is 4.79 Å². The predicted octanol–water partition coefficient (Wildman–Crippen LogP) is 5.89. The van der Waals surface area contributed by atoms with Gasteiger partial charge in [0.15, 0.2) is 0 Å². The maximum Gasteiger partial charge on any atom is 0.321 e. The third kappa shape index (κ3) is 6.28. The molecule has 2 unspecified atom stereocenters. The third-order valence-corrected chi connectivity index (χ3v) is 9.05. The Morgan fingerprint density at radius 3 is 2.51 bits per heavy atom. The summed E-state index contributed by atoms with van der Waals surface area (Å²) in [5.74, 6) is -0.104. The zero-order valence-corrected chi connectivity index (χ0v) is 25.2. The van der Waals surface area contributed by atoms with Gasteiger partial charge in [-0.1, -0.05) is 41.9 Å². The van der Waals surface area contributed by atoms with E-state index in [4.69, 9.17) is 11.6 Å². The number of benzene rings is 1. The molecule has 0 radical (unpaired) electrons. The summed E-state index contributed by atoms with van der Waals surface area (Å²) < 4.78 is 0. The van der Waals surface area contributed by atoms with E-state index in [1.807, 2.05) is 37.1 Å². The lowest BCUT2D eigenvalue weighted by Crippen LogP contribution is -2.49. The number of rotatable bonds is 9. The molecule has 41 heavy (non-hydrogen) atoms. The van der Waals surface area contributed by atoms with Crippen LogP contribution in [0.1, 0.15) is 78.1 Å². The smallest absolute Gasteiger partial charge is 0.321 e. The molecule has 2 fully saturated rings. The molecule has 1 aromatic carbocycles. The second kappa shape index (κ2) is 12.7. The topological polar surface area (TPSA) is 84.6 Å². The molecule has 4 heterocycles. The van der Waals surface area contributed by atoms with Gasteiger partial charge in [0.25, 0.3) is 5.91 Å². The van der Waals surface area contributed by atoms with Crippen LogP contribution in [0.4, 0.5) is 4.79 Å². The number of urea groups is 1. The van der Waals surface area contributed by atoms with E-state index in [-0.39, 0.29) is 30.1 Å². The molecule has 2 aliphatic rings. The van der Waals surface area contributed by atoms with Gasteiger partial charge in [0.05, 0.1) is 23.3 Å². The molecule has 0 saturated carbocycles. The van der Waals surface area contributed by atoms with Crippen LogP contribution >= 0.6 is 11.6 Å². The Morgan fingerprint density at radius 2 is 1.85 bits per heavy atom. The summed E-state index contributed by atoms with van der Waals surface area (Å²) in [6, 6.07) is 16.9. The number of amides is 3. The Labute approximate surface area is 248 Å². The molecule has 2 N–H and O–H groups in total. The molecule has 0 spiro atoms. The molecule has 2 saturated heterocycles. The van der Waals surface area contributed by atoms with Gasteiger partial charge >= 0.3 is 6.03 Å². The van der Waals surface area contributed by atoms with Gasteiger partial charge in [-0.15, -0.1) is 0 Å². The Kier molecular flexibility index (Phi) is 9.00. The normalized spacial score (nSPS) is 19.9. The van der Waals surface area contributed by atoms with Crippen molar-refractivity contribution in [3.63, 3.8) is 0 Å². The lowest BCUT2D eigenvalue weighted by atomic mass is 9.98. The molecule has 8 nitrogen and oxygen atoms in total. The van der Waals surface area contributed by atoms with Crippen LogP contribution in [0.15, 0.2) is 54.7 Å². The van der Waals surface area contributed by atoms with Crippen molar-refractivity contribution in [1.29, 1.82) is 0 Å². The first kappa shape index (κ1) is 29.1. The molecule has 3 atom stereocenters. The van der Waals surface area contributed by atoms with Gasteiger partial charge in [0, 0.05) is 50.2 Å². The van der Waals surface area contributed by atoms with Crippen LogP contribution in [0.3, 0.4) is 0 Å². The van der Waals surface area contributed by atoms with Crippen molar-refractivity contribution in [2.24, 2.45) is 0 Å². The average Bonchev–Trinajstić information content (AvgIpc) is 3.61. The highest BCUT2D eigenvalue weighted by Crippen LogP contribution is 2.38. The standard InChI is InChI=1S/C32H41ClN6O2/c1-21-19-29(33)36-23(3)30(21)31(40)35-16-12-22(2)37-17-13-26(14-18-37)39-28(25-9-6-5-7-10-25)20-38(32(39)41)24(4)27-11-8-15-34-27/h5-11,15,19,22,24,26,28,34H,12-14,16-18,20H2,1-4H3,(H,35,40)/t22?,24-,28?/m1/s1. The van der Waals surface area contributed by atoms with Gasteiger partial charge in [0.2, 0.25) is 0 Å². The number of pyridine rings is 1. The van der Waals surface area contributed by atoms with Crippen molar-refractivity contribution in [2.75, 3.05) is 26.2 Å². The van der Waals surface area contributed by atoms with Crippen LogP contribution in [-0.4, -0.2) is 74.9 Å². The van der Waals surface area contributed by atoms with Gasteiger partial charge in [0.1, 0.15) is 5.15 Å². The number of aromatic amines is 1. The summed E-state index contributed by atoms with van der Waals surface area (Å²) in [5.41, 5.74) is 4.33. The Balaban J connectivity index is 1.18. The molecule has 9 heteroatoms. The second-order valence-corrected chi connectivity index (χ2v) is 11.8. The summed E-state index contributed by atoms with van der Waals surface area (Å²) >= 11 is 6.03. The van der Waals surface area contributed by atoms with E-state index in [1.165, 1.54) is 5.56 Å². The summed E-state index contributed by atoms with van der Waals surface area (Å²) in [6.45, 7) is 11.1. The molecule has 0 bridgehead atoms. The van der Waals surface area contributed by atoms with E-state index in [1.54, 1.807) is 6.07 Å². The van der Waals surface area contributed by atoms with E-state index in [9.17, 15) is 9.59 Å². The maximum absolute atomic E-state index is 13.9. The van der Waals surface area contributed by atoms with Crippen molar-refractivity contribution in [2.45, 2.75) is 71.1 Å². The van der Waals surface area contributed by atoms with Crippen LogP contribution < -0.4 is 5.32 Å². The van der Waals surface area contributed by atoms with Crippen LogP contribution in [-0.2, 0) is 0 Å². The average molecular weight is 577 g/mol. The molecule has 0 aliphatic carbocycles. The quantitative estimate of drug-likeness (QED) is 0.311. The third-order valence-electron chi connectivity index (χ3n) is 8.85. The van der Waals surface area contributed by atoms with Gasteiger partial charge in [-0.2, -0.15) is 0 Å². The molecule has 3 aromatic rings. The fraction of sp³-hybridized carbons (Fsp3) is 0.469. The number of H-pyrrole nitrogens is 1. The molecular weight excluding hydrogens is 536 g/mol. The van der Waals surface area contributed by atoms with Crippen molar-refractivity contribution in [1.82, 2.24) is 30.0 Å². The van der Waals surface area contributed by atoms with Crippen molar-refractivity contribution < 1.29 is 9.59 Å². The molecular formula is C32H41ClN6O2. The van der Waals surface area contributed by atoms with E-state index in [0.717, 1.165) is 43.6 Å². The number of nitrogens with zero attached hydrogens (tertiary/aromatic N) is 4. The van der Waals surface area contributed by atoms with Crippen molar-refractivity contribution in [3.05, 3.63) is 88.0 Å². The van der Waals surface area contributed by atoms with Gasteiger partial charge < -0.3 is 25.0 Å². The number of piperidine rings is 1. The number of likely N-dealkylation sites (tertiary alicyclic amines) is 1. The lowest BCUT2D eigenvalue weighted by Gasteiger charge is -2.41. The first-order valence-corrected chi connectivity index (χ1v) is 15.1. The monoisotopic (exact) mass is 576 g/mol. The zero-order valence-electron chi connectivity index (χ0n) is 24.4. The van der Waals surface area contributed by atoms with Crippen LogP contribution in [0, 0.1) is 13.8 Å². The highest BCUT2D eigenvalue weighted by Gasteiger charge is 2.44. The molecule has 2 aromatic heterocycles. The Bertz CT molecular complexity index is 1320. The van der Waals surface area contributed by atoms with Crippen molar-refractivity contribution in [3.8, 4) is 0 Å². The minimum atomic E-state index is -0.104. The number of aryl methyl sites for hydroxylation is 2. The number of hydrogen-bond donors (Lipinski definition) is 2. The SMILES string of the molecule is Cc1cc(Cl)nc(C)c1C(=O)NCCC(C)N1CCC(N2C(=O)N([C@H](C)c3ccc[nH]3)CC2c2ccccc2)CC1. The number of hydrogen-bond acceptors (Lipinski definition) is 4. The van der Waals surface area contributed by atoms with Crippen LogP contribution in [0.25, 0.3) is 0 Å². The van der Waals surface area contributed by atoms with Crippen LogP contribution in [0.5, 0.6) is 0 Å². The van der Waals surface area contributed by atoms with Crippen LogP contribution in [0.2, 0.25) is 5.15 Å². The zero-order chi connectivity index (χ0) is 29.1. The minimum absolute atomic E-state index is 0.0136. The Morgan fingerprint density at radius 1 is 1.12 bits per heavy atom. The number of carbonyl (C=O) groups excluding carboxylic acids is 2. The van der Waals surface area contributed by atoms with E-state index < -0.39 is 0 Å². The summed E-state index contributed by atoms with van der Waals surface area (Å²) in [4.78, 5) is 40.9. The summed E-state index contributed by atoms with van der Waals surface area (Å²) in [6.07, 6.45) is 4.64. The molecule has 5 rings (SSSR count). The highest BCUT2D eigenvalue weighted by molar-refractivity contribution is 6.29. The van der Waals surface area contributed by atoms with E-state index in [2.05, 4.69) is 69.3 Å². The molecule has 218 valence electrons. The summed E-state index contributed by atoms with van der Waals surface area (Å²) in [5, 5.41) is 3.48.